The van der Waals surface area contributed by atoms with Gasteiger partial charge in [-0.15, -0.1) is 0 Å². The summed E-state index contributed by atoms with van der Waals surface area (Å²) in [5.74, 6) is -22.2. The zero-order chi connectivity index (χ0) is 103. The van der Waals surface area contributed by atoms with E-state index < -0.39 is 138 Å². The number of phenols is 24. The van der Waals surface area contributed by atoms with Gasteiger partial charge in [0.1, 0.15) is 33.5 Å². The third-order valence-electron chi connectivity index (χ3n) is 28.2. The molecule has 0 radical (unpaired) electrons. The number of fused-ring (bicyclic) bond motifs is 18. The second-order valence-electron chi connectivity index (χ2n) is 36.2. The third-order valence-corrected chi connectivity index (χ3v) is 28.2. The van der Waals surface area contributed by atoms with Crippen LogP contribution in [0.2, 0.25) is 0 Å². The van der Waals surface area contributed by atoms with Crippen molar-refractivity contribution >= 4 is 163 Å². The molecule has 722 valence electrons. The minimum absolute atomic E-state index is 0.00233. The summed E-state index contributed by atoms with van der Waals surface area (Å²) in [4.78, 5) is 0. The molecule has 0 aliphatic heterocycles. The van der Waals surface area contributed by atoms with Crippen molar-refractivity contribution in [2.24, 2.45) is 0 Å². The first-order valence-corrected chi connectivity index (χ1v) is 46.1. The lowest BCUT2D eigenvalue weighted by Gasteiger charge is -2.22. The number of aryl methyl sites for hydroxylation is 1. The van der Waals surface area contributed by atoms with E-state index in [2.05, 4.69) is 6.07 Å². The number of benzene rings is 23. The molecule has 27 heteroatoms. The molecule has 0 amide bonds. The normalized spacial score (nSPS) is 11.8. The second kappa shape index (κ2) is 33.1. The lowest BCUT2D eigenvalue weighted by atomic mass is 9.83. The first kappa shape index (κ1) is 89.6. The van der Waals surface area contributed by atoms with Crippen LogP contribution in [0.25, 0.3) is 252 Å². The van der Waals surface area contributed by atoms with Crippen LogP contribution in [0, 0.1) is 6.92 Å². The minimum atomic E-state index is -1.03. The Bertz CT molecular complexity index is 10100. The van der Waals surface area contributed by atoms with Gasteiger partial charge in [0, 0.05) is 141 Å². The fourth-order valence-electron chi connectivity index (χ4n) is 21.5. The summed E-state index contributed by atoms with van der Waals surface area (Å²) in [6.07, 6.45) is 0. The van der Waals surface area contributed by atoms with Crippen molar-refractivity contribution in [1.82, 2.24) is 0 Å². The van der Waals surface area contributed by atoms with Crippen LogP contribution in [0.5, 0.6) is 138 Å². The lowest BCUT2D eigenvalue weighted by Crippen LogP contribution is -1.94. The Morgan fingerprint density at radius 1 is 0.135 bits per heavy atom. The van der Waals surface area contributed by atoms with Crippen molar-refractivity contribution in [3.63, 3.8) is 0 Å². The molecule has 0 aliphatic rings. The number of hydrogen-bond donors (Lipinski definition) is 24. The highest BCUT2D eigenvalue weighted by molar-refractivity contribution is 6.34. The highest BCUT2D eigenvalue weighted by atomic mass is 16.4. The molecular formula is C121H76O27. The van der Waals surface area contributed by atoms with Gasteiger partial charge in [0.25, 0.3) is 0 Å². The molecular weight excluding hydrogens is 1890 g/mol. The quantitative estimate of drug-likeness (QED) is 0.0382. The van der Waals surface area contributed by atoms with E-state index in [0.717, 1.165) is 81.7 Å². The summed E-state index contributed by atoms with van der Waals surface area (Å²) in [6.45, 7) is 1.96. The largest absolute Gasteiger partial charge is 0.504 e. The van der Waals surface area contributed by atoms with Crippen LogP contribution in [0.3, 0.4) is 0 Å². The molecule has 0 saturated heterocycles. The average Bonchev–Trinajstić information content (AvgIpc) is 1.63. The molecule has 27 nitrogen and oxygen atoms in total. The lowest BCUT2D eigenvalue weighted by molar-refractivity contribution is 0.350. The molecule has 24 N–H and O–H groups in total. The smallest absolute Gasteiger partial charge is 0.204 e. The number of phenolic OH excluding ortho intramolecular Hbond substituents is 24. The highest BCUT2D eigenvalue weighted by Crippen LogP contribution is 2.68. The maximum absolute atomic E-state index is 11.6. The molecule has 23 aromatic carbocycles. The molecule has 26 aromatic rings. The minimum Gasteiger partial charge on any atom is -0.504 e. The zero-order valence-electron chi connectivity index (χ0n) is 76.7. The Labute approximate surface area is 830 Å². The first-order valence-electron chi connectivity index (χ1n) is 46.1. The van der Waals surface area contributed by atoms with Crippen LogP contribution in [0.4, 0.5) is 0 Å². The monoisotopic (exact) mass is 1960 g/mol. The Hall–Kier alpha value is -21.0. The van der Waals surface area contributed by atoms with E-state index in [9.17, 15) is 123 Å². The predicted molar refractivity (Wildman–Crippen MR) is 567 cm³/mol. The van der Waals surface area contributed by atoms with Gasteiger partial charge >= 0.3 is 0 Å². The topological polar surface area (TPSA) is 525 Å². The molecule has 26 rings (SSSR count). The van der Waals surface area contributed by atoms with Gasteiger partial charge in [-0.3, -0.25) is 0 Å². The summed E-state index contributed by atoms with van der Waals surface area (Å²) < 4.78 is 19.0. The molecule has 148 heavy (non-hydrogen) atoms. The van der Waals surface area contributed by atoms with Crippen LogP contribution in [-0.2, 0) is 0 Å². The Balaban J connectivity index is 0.000000119. The third kappa shape index (κ3) is 13.0. The van der Waals surface area contributed by atoms with Crippen molar-refractivity contribution in [3.8, 4) is 227 Å². The molecule has 0 aliphatic carbocycles. The maximum Gasteiger partial charge on any atom is 0.204 e. The highest BCUT2D eigenvalue weighted by Gasteiger charge is 2.39. The van der Waals surface area contributed by atoms with E-state index >= 15 is 0 Å². The van der Waals surface area contributed by atoms with Crippen molar-refractivity contribution in [2.45, 2.75) is 6.92 Å². The van der Waals surface area contributed by atoms with Crippen LogP contribution < -0.4 is 0 Å². The second-order valence-corrected chi connectivity index (χ2v) is 36.2. The van der Waals surface area contributed by atoms with Gasteiger partial charge in [-0.25, -0.2) is 0 Å². The van der Waals surface area contributed by atoms with E-state index in [1.54, 1.807) is 146 Å². The molecule has 0 spiro atoms. The first-order chi connectivity index (χ1) is 71.4. The fraction of sp³-hybridized carbons (Fsp3) is 0.00826. The summed E-state index contributed by atoms with van der Waals surface area (Å²) in [5, 5.41) is 275. The Morgan fingerprint density at radius 3 is 0.716 bits per heavy atom. The van der Waals surface area contributed by atoms with Gasteiger partial charge in [-0.2, -0.15) is 0 Å². The number of furan rings is 3. The van der Waals surface area contributed by atoms with Crippen LogP contribution in [-0.4, -0.2) is 123 Å². The number of hydrogen-bond acceptors (Lipinski definition) is 27. The standard InChI is InChI=1S/2C42H26O9.C37H24O9/c43-34-30-28(20-11-5-2-6-12-20)31-33(37(46)41(50)39(48)35(31)44)29(32(30)36(45)40(49)38(34)47)22-15-16-26-24(18-22)25-17-21-13-7-8-14-23(21)27(42(25)51-26)19-9-3-1-4-10-19;43-35-31-29(19-7-2-1-3-8-19)32-34(38(46)42(50)40(48)36(32)44)30(33(31)37(45)41(49)39(35)47)24-12-6-11-20(15-24)23-13-14-27-25(17-23)26-16-21-9-4-5-10-22(21)18-28(26)51-27;1-15-19-10-6-5-9-17(19)13-21-20-14-18(11-12-22(20)46-37(15)21)24-27-25(29(38)33(42)35(44)31(27)40)23(16-7-3-2-4-8-16)26-28(24)32(41)36(45)34(43)30(26)39/h2*1-18,43-50H;2-14,38-45H,1H3. The zero-order valence-corrected chi connectivity index (χ0v) is 76.7. The van der Waals surface area contributed by atoms with Gasteiger partial charge in [0.05, 0.1) is 0 Å². The summed E-state index contributed by atoms with van der Waals surface area (Å²) in [5.41, 5.74) is 9.87. The van der Waals surface area contributed by atoms with Gasteiger partial charge in [0.2, 0.25) is 69.0 Å². The Morgan fingerprint density at radius 2 is 0.358 bits per heavy atom. The van der Waals surface area contributed by atoms with Gasteiger partial charge in [-0.1, -0.05) is 231 Å². The van der Waals surface area contributed by atoms with Gasteiger partial charge in [0.15, 0.2) is 69.0 Å². The van der Waals surface area contributed by atoms with Crippen molar-refractivity contribution < 1.29 is 136 Å². The van der Waals surface area contributed by atoms with Crippen LogP contribution in [0.1, 0.15) is 5.56 Å². The molecule has 0 atom stereocenters. The van der Waals surface area contributed by atoms with E-state index in [0.29, 0.717) is 77.6 Å². The summed E-state index contributed by atoms with van der Waals surface area (Å²) >= 11 is 0. The van der Waals surface area contributed by atoms with E-state index in [1.165, 1.54) is 0 Å². The number of aromatic hydroxyl groups is 24. The van der Waals surface area contributed by atoms with Gasteiger partial charge < -0.3 is 136 Å². The van der Waals surface area contributed by atoms with Gasteiger partial charge in [-0.05, 0) is 156 Å². The van der Waals surface area contributed by atoms with E-state index in [1.807, 2.05) is 153 Å². The van der Waals surface area contributed by atoms with E-state index in [-0.39, 0.29) is 98.0 Å². The fourth-order valence-corrected chi connectivity index (χ4v) is 21.5. The van der Waals surface area contributed by atoms with Crippen LogP contribution >= 0.6 is 0 Å². The molecule has 0 bridgehead atoms. The Kier molecular flexibility index (Phi) is 20.0. The molecule has 3 heterocycles. The molecule has 0 fully saturated rings. The molecule has 0 unspecified atom stereocenters. The predicted octanol–water partition coefficient (Wildman–Crippen LogP) is 27.7. The van der Waals surface area contributed by atoms with E-state index in [4.69, 9.17) is 13.3 Å². The summed E-state index contributed by atoms with van der Waals surface area (Å²) in [6, 6.07) is 89.4. The van der Waals surface area contributed by atoms with Crippen LogP contribution in [0.15, 0.2) is 311 Å². The van der Waals surface area contributed by atoms with Crippen molar-refractivity contribution in [3.05, 3.63) is 303 Å². The van der Waals surface area contributed by atoms with Crippen molar-refractivity contribution in [1.29, 1.82) is 0 Å². The maximum atomic E-state index is 11.6. The summed E-state index contributed by atoms with van der Waals surface area (Å²) in [7, 11) is 0. The van der Waals surface area contributed by atoms with Crippen molar-refractivity contribution in [2.75, 3.05) is 0 Å². The molecule has 3 aromatic heterocycles. The SMILES string of the molecule is Cc1c2ccccc2cc2c1oc1ccc(-c3c4c(O)c(O)c(O)c(O)c4c(-c4ccccc4)c4c(O)c(O)c(O)c(O)c34)cc12.Oc1c(O)c(O)c2c(-c3ccc4oc5c(-c6ccccc6)c6ccccc6cc5c4c3)c3c(O)c(O)c(O)c(O)c3c(-c3ccccc3)c2c1O.Oc1c(O)c(O)c2c(-c3cccc(-c4ccc5oc6cc7ccccc7cc6c5c4)c3)c3c(O)c(O)c(O)c(O)c3c(-c3ccccc3)c2c1O. The molecule has 0 saturated carbocycles. The average molecular weight is 1960 g/mol. The number of rotatable bonds is 8.